The average molecular weight is 317 g/mol. The number of piperazine rings is 1. The van der Waals surface area contributed by atoms with Gasteiger partial charge in [0.2, 0.25) is 0 Å². The quantitative estimate of drug-likeness (QED) is 0.918. The molecule has 1 aromatic rings. The highest BCUT2D eigenvalue weighted by molar-refractivity contribution is 9.10. The lowest BCUT2D eigenvalue weighted by Crippen LogP contribution is -2.47. The van der Waals surface area contributed by atoms with Crippen molar-refractivity contribution in [3.63, 3.8) is 0 Å². The van der Waals surface area contributed by atoms with E-state index in [-0.39, 0.29) is 0 Å². The van der Waals surface area contributed by atoms with Gasteiger partial charge < -0.3 is 10.2 Å². The van der Waals surface area contributed by atoms with E-state index in [9.17, 15) is 0 Å². The fourth-order valence-corrected chi connectivity index (χ4v) is 4.16. The Kier molecular flexibility index (Phi) is 4.64. The minimum absolute atomic E-state index is 0.363. The Morgan fingerprint density at radius 3 is 2.71 bits per heavy atom. The number of hydrogen-bond donors (Lipinski definition) is 1. The lowest BCUT2D eigenvalue weighted by Gasteiger charge is -2.35. The molecule has 0 bridgehead atoms. The Labute approximate surface area is 117 Å². The first-order valence-electron chi connectivity index (χ1n) is 6.21. The van der Waals surface area contributed by atoms with Crippen molar-refractivity contribution in [2.24, 2.45) is 5.41 Å². The molecule has 17 heavy (non-hydrogen) atoms. The lowest BCUT2D eigenvalue weighted by atomic mass is 9.88. The van der Waals surface area contributed by atoms with Crippen LogP contribution in [-0.2, 0) is 6.42 Å². The van der Waals surface area contributed by atoms with Gasteiger partial charge in [0.15, 0.2) is 0 Å². The second kappa shape index (κ2) is 5.83. The molecule has 1 aliphatic rings. The molecule has 96 valence electrons. The van der Waals surface area contributed by atoms with Crippen LogP contribution in [0.15, 0.2) is 15.9 Å². The van der Waals surface area contributed by atoms with Crippen LogP contribution in [0.1, 0.15) is 18.7 Å². The van der Waals surface area contributed by atoms with Gasteiger partial charge in [-0.2, -0.15) is 0 Å². The molecule has 2 rings (SSSR count). The third kappa shape index (κ3) is 4.36. The van der Waals surface area contributed by atoms with Gasteiger partial charge in [-0.1, -0.05) is 13.8 Å². The molecule has 0 radical (unpaired) electrons. The monoisotopic (exact) mass is 316 g/mol. The molecule has 4 heteroatoms. The zero-order chi connectivity index (χ0) is 12.3. The number of nitrogens with zero attached hydrogens (tertiary/aromatic N) is 1. The molecule has 0 amide bonds. The molecule has 1 N–H and O–H groups in total. The fourth-order valence-electron chi connectivity index (χ4n) is 2.45. The predicted molar refractivity (Wildman–Crippen MR) is 78.8 cm³/mol. The van der Waals surface area contributed by atoms with Gasteiger partial charge in [-0.25, -0.2) is 0 Å². The molecule has 0 aromatic carbocycles. The number of hydrogen-bond acceptors (Lipinski definition) is 3. The van der Waals surface area contributed by atoms with E-state index in [0.717, 1.165) is 13.1 Å². The zero-order valence-electron chi connectivity index (χ0n) is 10.6. The van der Waals surface area contributed by atoms with Gasteiger partial charge in [0.1, 0.15) is 0 Å². The van der Waals surface area contributed by atoms with Crippen molar-refractivity contribution in [2.45, 2.75) is 20.3 Å². The Balaban J connectivity index is 1.88. The SMILES string of the molecule is CC(C)(Cc1cc(Br)cs1)CN1CCNCC1. The second-order valence-electron chi connectivity index (χ2n) is 5.60. The summed E-state index contributed by atoms with van der Waals surface area (Å²) in [6, 6.07) is 2.25. The summed E-state index contributed by atoms with van der Waals surface area (Å²) in [5, 5.41) is 5.58. The highest BCUT2D eigenvalue weighted by Gasteiger charge is 2.23. The molecule has 0 unspecified atom stereocenters. The summed E-state index contributed by atoms with van der Waals surface area (Å²) in [6.45, 7) is 10.6. The van der Waals surface area contributed by atoms with E-state index >= 15 is 0 Å². The van der Waals surface area contributed by atoms with Gasteiger partial charge in [-0.15, -0.1) is 11.3 Å². The largest absolute Gasteiger partial charge is 0.314 e. The highest BCUT2D eigenvalue weighted by atomic mass is 79.9. The van der Waals surface area contributed by atoms with Gasteiger partial charge in [0.05, 0.1) is 0 Å². The maximum Gasteiger partial charge on any atom is 0.0285 e. The van der Waals surface area contributed by atoms with Crippen molar-refractivity contribution < 1.29 is 0 Å². The Bertz CT molecular complexity index is 356. The van der Waals surface area contributed by atoms with Crippen LogP contribution in [0.4, 0.5) is 0 Å². The third-order valence-electron chi connectivity index (χ3n) is 3.14. The molecular weight excluding hydrogens is 296 g/mol. The van der Waals surface area contributed by atoms with Gasteiger partial charge in [-0.05, 0) is 33.8 Å². The summed E-state index contributed by atoms with van der Waals surface area (Å²) >= 11 is 5.39. The molecule has 1 saturated heterocycles. The molecule has 0 aliphatic carbocycles. The van der Waals surface area contributed by atoms with Crippen molar-refractivity contribution in [1.29, 1.82) is 0 Å². The van der Waals surface area contributed by atoms with Crippen LogP contribution in [0, 0.1) is 5.41 Å². The smallest absolute Gasteiger partial charge is 0.0285 e. The van der Waals surface area contributed by atoms with Gasteiger partial charge in [-0.3, -0.25) is 0 Å². The molecular formula is C13H21BrN2S. The number of halogens is 1. The maximum atomic E-state index is 3.53. The summed E-state index contributed by atoms with van der Waals surface area (Å²) in [7, 11) is 0. The van der Waals surface area contributed by atoms with E-state index in [1.165, 1.54) is 35.4 Å². The number of nitrogens with one attached hydrogen (secondary N) is 1. The second-order valence-corrected chi connectivity index (χ2v) is 7.51. The van der Waals surface area contributed by atoms with Gasteiger partial charge in [0.25, 0.3) is 0 Å². The number of rotatable bonds is 4. The standard InChI is InChI=1S/C13H21BrN2S/c1-13(2,8-12-7-11(14)9-17-12)10-16-5-3-15-4-6-16/h7,9,15H,3-6,8,10H2,1-2H3. The molecule has 1 fully saturated rings. The van der Waals surface area contributed by atoms with Crippen molar-refractivity contribution in [1.82, 2.24) is 10.2 Å². The van der Waals surface area contributed by atoms with E-state index in [4.69, 9.17) is 0 Å². The van der Waals surface area contributed by atoms with Gasteiger partial charge >= 0.3 is 0 Å². The molecule has 2 nitrogen and oxygen atoms in total. The Morgan fingerprint density at radius 1 is 1.41 bits per heavy atom. The van der Waals surface area contributed by atoms with E-state index in [1.54, 1.807) is 0 Å². The Morgan fingerprint density at radius 2 is 2.12 bits per heavy atom. The minimum atomic E-state index is 0.363. The normalized spacial score (nSPS) is 18.5. The van der Waals surface area contributed by atoms with Crippen LogP contribution < -0.4 is 5.32 Å². The van der Waals surface area contributed by atoms with E-state index < -0.39 is 0 Å². The number of thiophene rings is 1. The lowest BCUT2D eigenvalue weighted by molar-refractivity contribution is 0.161. The van der Waals surface area contributed by atoms with Crippen LogP contribution in [0.5, 0.6) is 0 Å². The van der Waals surface area contributed by atoms with E-state index in [2.05, 4.69) is 51.4 Å². The van der Waals surface area contributed by atoms with Crippen molar-refractivity contribution in [3.05, 3.63) is 20.8 Å². The van der Waals surface area contributed by atoms with Crippen molar-refractivity contribution in [2.75, 3.05) is 32.7 Å². The summed E-state index contributed by atoms with van der Waals surface area (Å²) in [4.78, 5) is 4.07. The van der Waals surface area contributed by atoms with Crippen LogP contribution in [-0.4, -0.2) is 37.6 Å². The summed E-state index contributed by atoms with van der Waals surface area (Å²) in [5.41, 5.74) is 0.363. The van der Waals surface area contributed by atoms with Gasteiger partial charge in [0, 0.05) is 47.5 Å². The summed E-state index contributed by atoms with van der Waals surface area (Å²) in [5.74, 6) is 0. The average Bonchev–Trinajstić information content (AvgIpc) is 2.63. The molecule has 0 atom stereocenters. The third-order valence-corrected chi connectivity index (χ3v) is 4.83. The first kappa shape index (κ1) is 13.5. The van der Waals surface area contributed by atoms with Crippen molar-refractivity contribution in [3.8, 4) is 0 Å². The highest BCUT2D eigenvalue weighted by Crippen LogP contribution is 2.28. The molecule has 0 spiro atoms. The Hall–Kier alpha value is 0.1000. The summed E-state index contributed by atoms with van der Waals surface area (Å²) in [6.07, 6.45) is 1.17. The van der Waals surface area contributed by atoms with Crippen molar-refractivity contribution >= 4 is 27.3 Å². The predicted octanol–water partition coefficient (Wildman–Crippen LogP) is 2.98. The maximum absolute atomic E-state index is 3.53. The minimum Gasteiger partial charge on any atom is -0.314 e. The first-order valence-corrected chi connectivity index (χ1v) is 7.88. The van der Waals surface area contributed by atoms with E-state index in [1.807, 2.05) is 11.3 Å². The van der Waals surface area contributed by atoms with E-state index in [0.29, 0.717) is 5.41 Å². The summed E-state index contributed by atoms with van der Waals surface area (Å²) < 4.78 is 1.22. The molecule has 1 aliphatic heterocycles. The molecule has 0 saturated carbocycles. The van der Waals surface area contributed by atoms with Crippen LogP contribution in [0.25, 0.3) is 0 Å². The first-order chi connectivity index (χ1) is 8.05. The van der Waals surface area contributed by atoms with Crippen LogP contribution in [0.3, 0.4) is 0 Å². The molecule has 2 heterocycles. The molecule has 1 aromatic heterocycles. The zero-order valence-corrected chi connectivity index (χ0v) is 13.0. The fraction of sp³-hybridized carbons (Fsp3) is 0.692. The van der Waals surface area contributed by atoms with Crippen LogP contribution in [0.2, 0.25) is 0 Å². The topological polar surface area (TPSA) is 15.3 Å². The van der Waals surface area contributed by atoms with Crippen LogP contribution >= 0.6 is 27.3 Å².